The first-order valence-electron chi connectivity index (χ1n) is 14.3. The van der Waals surface area contributed by atoms with E-state index in [1.54, 1.807) is 24.3 Å². The van der Waals surface area contributed by atoms with Crippen LogP contribution in [0.2, 0.25) is 0 Å². The Balaban J connectivity index is 0.00000405. The molecule has 218 valence electrons. The highest BCUT2D eigenvalue weighted by atomic mass is 35.5. The highest BCUT2D eigenvalue weighted by Crippen LogP contribution is 2.40. The Morgan fingerprint density at radius 3 is 2.12 bits per heavy atom. The maximum atomic E-state index is 13.3. The lowest BCUT2D eigenvalue weighted by molar-refractivity contribution is -0.123. The third kappa shape index (κ3) is 8.75. The summed E-state index contributed by atoms with van der Waals surface area (Å²) in [7, 11) is 0. The van der Waals surface area contributed by atoms with Crippen molar-refractivity contribution in [1.29, 1.82) is 0 Å². The smallest absolute Gasteiger partial charge is 0.251 e. The molecule has 7 heteroatoms. The summed E-state index contributed by atoms with van der Waals surface area (Å²) in [6.07, 6.45) is 3.37. The van der Waals surface area contributed by atoms with Gasteiger partial charge < -0.3 is 16.0 Å². The van der Waals surface area contributed by atoms with Gasteiger partial charge in [0.2, 0.25) is 5.91 Å². The van der Waals surface area contributed by atoms with Crippen LogP contribution in [-0.2, 0) is 11.3 Å². The van der Waals surface area contributed by atoms with Crippen molar-refractivity contribution in [3.05, 3.63) is 132 Å². The first-order chi connectivity index (χ1) is 20.1. The minimum atomic E-state index is -0.672. The summed E-state index contributed by atoms with van der Waals surface area (Å²) in [5.74, 6) is -0.275. The van der Waals surface area contributed by atoms with Crippen LogP contribution in [0.5, 0.6) is 0 Å². The average molecular weight is 586 g/mol. The van der Waals surface area contributed by atoms with Gasteiger partial charge in [-0.25, -0.2) is 4.39 Å². The Morgan fingerprint density at radius 2 is 1.43 bits per heavy atom. The van der Waals surface area contributed by atoms with Crippen molar-refractivity contribution in [1.82, 2.24) is 16.0 Å². The molecule has 1 aliphatic rings. The highest BCUT2D eigenvalue weighted by molar-refractivity contribution is 5.97. The highest BCUT2D eigenvalue weighted by Gasteiger charge is 2.37. The quantitative estimate of drug-likeness (QED) is 0.154. The minimum absolute atomic E-state index is 0. The third-order valence-corrected chi connectivity index (χ3v) is 7.60. The third-order valence-electron chi connectivity index (χ3n) is 7.60. The molecule has 3 atom stereocenters. The van der Waals surface area contributed by atoms with E-state index in [1.165, 1.54) is 17.7 Å². The molecule has 1 aliphatic carbocycles. The van der Waals surface area contributed by atoms with Crippen molar-refractivity contribution in [2.24, 2.45) is 0 Å². The molecular weight excluding hydrogens is 549 g/mol. The summed E-state index contributed by atoms with van der Waals surface area (Å²) in [5, 5.41) is 9.48. The fourth-order valence-electron chi connectivity index (χ4n) is 5.12. The van der Waals surface area contributed by atoms with E-state index < -0.39 is 6.04 Å². The largest absolute Gasteiger partial charge is 0.350 e. The number of amides is 2. The van der Waals surface area contributed by atoms with Gasteiger partial charge in [-0.2, -0.15) is 0 Å². The molecule has 0 bridgehead atoms. The number of rotatable bonds is 13. The molecule has 5 rings (SSSR count). The molecule has 1 saturated carbocycles. The summed E-state index contributed by atoms with van der Waals surface area (Å²) in [5.41, 5.74) is 4.77. The average Bonchev–Trinajstić information content (AvgIpc) is 3.80. The summed E-state index contributed by atoms with van der Waals surface area (Å²) < 4.78 is 13.3. The molecule has 0 aromatic heterocycles. The fraction of sp³-hybridized carbons (Fsp3) is 0.257. The lowest BCUT2D eigenvalue weighted by atomic mass is 10.0. The van der Waals surface area contributed by atoms with Crippen LogP contribution >= 0.6 is 12.4 Å². The molecule has 4 aromatic carbocycles. The second kappa shape index (κ2) is 15.3. The Bertz CT molecular complexity index is 1420. The van der Waals surface area contributed by atoms with Crippen molar-refractivity contribution >= 4 is 24.2 Å². The fourth-order valence-corrected chi connectivity index (χ4v) is 5.12. The zero-order valence-electron chi connectivity index (χ0n) is 23.5. The maximum absolute atomic E-state index is 13.3. The molecule has 5 nitrogen and oxygen atoms in total. The molecular formula is C35H37ClFN3O2. The van der Waals surface area contributed by atoms with E-state index in [0.29, 0.717) is 23.9 Å². The summed E-state index contributed by atoms with van der Waals surface area (Å²) in [6.45, 7) is 1.13. The van der Waals surface area contributed by atoms with Gasteiger partial charge in [-0.1, -0.05) is 84.9 Å². The van der Waals surface area contributed by atoms with Gasteiger partial charge in [0, 0.05) is 24.1 Å². The van der Waals surface area contributed by atoms with Gasteiger partial charge in [0.25, 0.3) is 5.91 Å². The van der Waals surface area contributed by atoms with E-state index in [4.69, 9.17) is 0 Å². The van der Waals surface area contributed by atoms with Crippen LogP contribution in [0, 0.1) is 5.82 Å². The number of hydrogen-bond donors (Lipinski definition) is 3. The van der Waals surface area contributed by atoms with E-state index >= 15 is 0 Å². The van der Waals surface area contributed by atoms with E-state index in [2.05, 4.69) is 40.2 Å². The minimum Gasteiger partial charge on any atom is -0.350 e. The lowest BCUT2D eigenvalue weighted by Gasteiger charge is -2.19. The Morgan fingerprint density at radius 1 is 0.786 bits per heavy atom. The first kappa shape index (κ1) is 30.9. The SMILES string of the molecule is Cl.O=C(NC(CCCCN[C@@H]1C[C@H]1c1ccccc1)C(=O)NCc1ccc(F)cc1)c1ccc(-c2ccccc2)cc1. The van der Waals surface area contributed by atoms with Crippen molar-refractivity contribution in [2.75, 3.05) is 6.54 Å². The molecule has 0 saturated heterocycles. The van der Waals surface area contributed by atoms with E-state index in [9.17, 15) is 14.0 Å². The monoisotopic (exact) mass is 585 g/mol. The van der Waals surface area contributed by atoms with E-state index in [0.717, 1.165) is 42.5 Å². The second-order valence-electron chi connectivity index (χ2n) is 10.6. The van der Waals surface area contributed by atoms with E-state index in [-0.39, 0.29) is 36.6 Å². The molecule has 0 heterocycles. The van der Waals surface area contributed by atoms with Gasteiger partial charge in [-0.05, 0) is 78.7 Å². The van der Waals surface area contributed by atoms with Crippen LogP contribution < -0.4 is 16.0 Å². The predicted octanol–water partition coefficient (Wildman–Crippen LogP) is 6.65. The summed E-state index contributed by atoms with van der Waals surface area (Å²) in [4.78, 5) is 26.3. The molecule has 3 N–H and O–H groups in total. The van der Waals surface area contributed by atoms with Gasteiger partial charge in [-0.15, -0.1) is 12.4 Å². The molecule has 42 heavy (non-hydrogen) atoms. The van der Waals surface area contributed by atoms with Crippen LogP contribution in [0.15, 0.2) is 109 Å². The van der Waals surface area contributed by atoms with E-state index in [1.807, 2.05) is 48.5 Å². The number of nitrogens with one attached hydrogen (secondary N) is 3. The number of carbonyl (C=O) groups excluding carboxylic acids is 2. The number of unbranched alkanes of at least 4 members (excludes halogenated alkanes) is 1. The van der Waals surface area contributed by atoms with Crippen LogP contribution in [0.1, 0.15) is 53.1 Å². The van der Waals surface area contributed by atoms with Crippen LogP contribution in [0.25, 0.3) is 11.1 Å². The molecule has 4 aromatic rings. The molecule has 0 spiro atoms. The summed E-state index contributed by atoms with van der Waals surface area (Å²) >= 11 is 0. The summed E-state index contributed by atoms with van der Waals surface area (Å²) in [6, 6.07) is 33.8. The lowest BCUT2D eigenvalue weighted by Crippen LogP contribution is -2.46. The number of carbonyl (C=O) groups is 2. The predicted molar refractivity (Wildman–Crippen MR) is 168 cm³/mol. The zero-order valence-corrected chi connectivity index (χ0v) is 24.3. The standard InChI is InChI=1S/C35H36FN3O2.ClH/c36-30-20-14-25(15-21-30)24-38-35(41)32(13-7-8-22-37-33-23-31(33)28-11-5-2-6-12-28)39-34(40)29-18-16-27(17-19-29)26-9-3-1-4-10-26;/h1-6,9-12,14-21,31-33,37H,7-8,13,22-24H2,(H,38,41)(H,39,40);1H/t31-,32?,33+;/m0./s1. The second-order valence-corrected chi connectivity index (χ2v) is 10.6. The van der Waals surface area contributed by atoms with Gasteiger partial charge in [0.15, 0.2) is 0 Å². The molecule has 2 amide bonds. The Labute approximate surface area is 253 Å². The Hall–Kier alpha value is -4.00. The number of hydrogen-bond acceptors (Lipinski definition) is 3. The van der Waals surface area contributed by atoms with Crippen molar-refractivity contribution in [3.63, 3.8) is 0 Å². The van der Waals surface area contributed by atoms with Gasteiger partial charge in [0.1, 0.15) is 11.9 Å². The van der Waals surface area contributed by atoms with Crippen LogP contribution in [0.3, 0.4) is 0 Å². The van der Waals surface area contributed by atoms with Crippen molar-refractivity contribution < 1.29 is 14.0 Å². The topological polar surface area (TPSA) is 70.2 Å². The zero-order chi connectivity index (χ0) is 28.4. The molecule has 1 unspecified atom stereocenters. The van der Waals surface area contributed by atoms with Crippen LogP contribution in [0.4, 0.5) is 4.39 Å². The van der Waals surface area contributed by atoms with Crippen LogP contribution in [-0.4, -0.2) is 30.4 Å². The first-order valence-corrected chi connectivity index (χ1v) is 14.3. The molecule has 0 aliphatic heterocycles. The normalized spacial score (nSPS) is 16.1. The van der Waals surface area contributed by atoms with Crippen molar-refractivity contribution in [3.8, 4) is 11.1 Å². The number of benzene rings is 4. The van der Waals surface area contributed by atoms with Gasteiger partial charge in [-0.3, -0.25) is 9.59 Å². The maximum Gasteiger partial charge on any atom is 0.251 e. The molecule has 1 fully saturated rings. The van der Waals surface area contributed by atoms with Gasteiger partial charge >= 0.3 is 0 Å². The van der Waals surface area contributed by atoms with Gasteiger partial charge in [0.05, 0.1) is 0 Å². The number of halogens is 2. The molecule has 0 radical (unpaired) electrons. The Kier molecular flexibility index (Phi) is 11.3. The van der Waals surface area contributed by atoms with Crippen molar-refractivity contribution in [2.45, 2.75) is 50.2 Å².